The molecule has 9 heteroatoms. The predicted molar refractivity (Wildman–Crippen MR) is 165 cm³/mol. The molecule has 2 aliphatic rings. The minimum Gasteiger partial charge on any atom is -0.370 e. The van der Waals surface area contributed by atoms with Crippen molar-refractivity contribution in [2.75, 3.05) is 46.4 Å². The van der Waals surface area contributed by atoms with Gasteiger partial charge in [-0.25, -0.2) is 8.42 Å². The normalized spacial score (nSPS) is 17.9. The molecule has 2 aliphatic heterocycles. The molecule has 1 saturated heterocycles. The van der Waals surface area contributed by atoms with Crippen molar-refractivity contribution < 1.29 is 17.9 Å². The molecule has 226 valence electrons. The van der Waals surface area contributed by atoms with Crippen LogP contribution in [0.3, 0.4) is 0 Å². The van der Waals surface area contributed by atoms with Crippen molar-refractivity contribution in [2.24, 2.45) is 0 Å². The molecule has 1 atom stereocenters. The number of carbonyl (C=O) groups is 1. The van der Waals surface area contributed by atoms with Crippen LogP contribution in [0.1, 0.15) is 58.9 Å². The lowest BCUT2D eigenvalue weighted by molar-refractivity contribution is -0.139. The molecular formula is C33H44N4O4S. The summed E-state index contributed by atoms with van der Waals surface area (Å²) in [6, 6.07) is 18.1. The van der Waals surface area contributed by atoms with Crippen molar-refractivity contribution in [2.45, 2.75) is 64.1 Å². The Labute approximate surface area is 250 Å². The van der Waals surface area contributed by atoms with Crippen LogP contribution in [-0.2, 0) is 32.6 Å². The molecule has 3 aromatic rings. The third-order valence-electron chi connectivity index (χ3n) is 8.58. The number of benzene rings is 2. The Kier molecular flexibility index (Phi) is 9.52. The first-order valence-corrected chi connectivity index (χ1v) is 16.5. The Morgan fingerprint density at radius 2 is 1.62 bits per heavy atom. The highest BCUT2D eigenvalue weighted by Crippen LogP contribution is 2.34. The minimum atomic E-state index is -3.67. The molecule has 8 nitrogen and oxygen atoms in total. The maximum absolute atomic E-state index is 13.6. The summed E-state index contributed by atoms with van der Waals surface area (Å²) in [6.45, 7) is 10.4. The predicted octanol–water partition coefficient (Wildman–Crippen LogP) is 4.67. The van der Waals surface area contributed by atoms with Crippen LogP contribution in [0.5, 0.6) is 0 Å². The number of rotatable bonds is 10. The average molecular weight is 593 g/mol. The zero-order valence-corrected chi connectivity index (χ0v) is 26.2. The highest BCUT2D eigenvalue weighted by Gasteiger charge is 2.33. The molecule has 0 radical (unpaired) electrons. The van der Waals surface area contributed by atoms with Crippen LogP contribution in [0.2, 0.25) is 0 Å². The smallest absolute Gasteiger partial charge is 0.249 e. The van der Waals surface area contributed by atoms with E-state index in [0.717, 1.165) is 54.1 Å². The van der Waals surface area contributed by atoms with E-state index in [-0.39, 0.29) is 31.7 Å². The van der Waals surface area contributed by atoms with E-state index in [0.29, 0.717) is 11.4 Å². The zero-order valence-electron chi connectivity index (χ0n) is 25.4. The molecule has 1 fully saturated rings. The summed E-state index contributed by atoms with van der Waals surface area (Å²) in [5.41, 5.74) is 6.00. The van der Waals surface area contributed by atoms with Crippen LogP contribution < -0.4 is 0 Å². The van der Waals surface area contributed by atoms with Crippen LogP contribution in [0.25, 0.3) is 0 Å². The highest BCUT2D eigenvalue weighted by molar-refractivity contribution is 7.89. The number of amides is 1. The van der Waals surface area contributed by atoms with Gasteiger partial charge in [0.2, 0.25) is 15.9 Å². The number of likely N-dealkylation sites (N-methyl/N-ethyl adjacent to an activating group) is 1. The third-order valence-corrected chi connectivity index (χ3v) is 10.7. The van der Waals surface area contributed by atoms with Gasteiger partial charge >= 0.3 is 0 Å². The van der Waals surface area contributed by atoms with Gasteiger partial charge in [-0.2, -0.15) is 4.31 Å². The van der Waals surface area contributed by atoms with Crippen LogP contribution in [0, 0.1) is 20.8 Å². The molecule has 0 saturated carbocycles. The fraction of sp³-hybridized carbons (Fsp3) is 0.485. The average Bonchev–Trinajstić information content (AvgIpc) is 3.37. The number of hydrogen-bond acceptors (Lipinski definition) is 5. The molecule has 3 heterocycles. The van der Waals surface area contributed by atoms with Crippen LogP contribution in [-0.4, -0.2) is 79.4 Å². The lowest BCUT2D eigenvalue weighted by Gasteiger charge is -2.38. The van der Waals surface area contributed by atoms with Gasteiger partial charge in [-0.1, -0.05) is 54.4 Å². The quantitative estimate of drug-likeness (QED) is 0.320. The van der Waals surface area contributed by atoms with Gasteiger partial charge in [0.1, 0.15) is 6.61 Å². The largest absolute Gasteiger partial charge is 0.370 e. The highest BCUT2D eigenvalue weighted by atomic mass is 32.2. The number of piperidine rings is 1. The SMILES string of the molecule is Cc1cc(C)c(S(=O)(=O)N(C)CCOCC(=O)N2CCn3c(CN4CCCCC4)ccc3C2c2ccccc2)c(C)c1. The zero-order chi connectivity index (χ0) is 29.9. The second-order valence-electron chi connectivity index (χ2n) is 11.7. The fourth-order valence-electron chi connectivity index (χ4n) is 6.56. The monoisotopic (exact) mass is 592 g/mol. The number of hydrogen-bond donors (Lipinski definition) is 0. The summed E-state index contributed by atoms with van der Waals surface area (Å²) < 4.78 is 36.1. The molecule has 2 aromatic carbocycles. The van der Waals surface area contributed by atoms with Gasteiger partial charge in [0, 0.05) is 44.6 Å². The number of aryl methyl sites for hydroxylation is 3. The van der Waals surface area contributed by atoms with E-state index in [9.17, 15) is 13.2 Å². The maximum Gasteiger partial charge on any atom is 0.249 e. The number of sulfonamides is 1. The Morgan fingerprint density at radius 1 is 0.929 bits per heavy atom. The summed E-state index contributed by atoms with van der Waals surface area (Å²) >= 11 is 0. The number of carbonyl (C=O) groups excluding carboxylic acids is 1. The summed E-state index contributed by atoms with van der Waals surface area (Å²) in [5, 5.41) is 0. The summed E-state index contributed by atoms with van der Waals surface area (Å²) in [5.74, 6) is -0.0929. The molecular weight excluding hydrogens is 548 g/mol. The van der Waals surface area contributed by atoms with E-state index >= 15 is 0 Å². The van der Waals surface area contributed by atoms with Gasteiger partial charge in [-0.3, -0.25) is 9.69 Å². The lowest BCUT2D eigenvalue weighted by Crippen LogP contribution is -2.45. The molecule has 0 spiro atoms. The topological polar surface area (TPSA) is 75.1 Å². The lowest BCUT2D eigenvalue weighted by atomic mass is 10.00. The fourth-order valence-corrected chi connectivity index (χ4v) is 8.12. The standard InChI is InChI=1S/C33H44N4O4S/c1-25-21-26(2)33(27(3)22-25)42(39,40)34(4)19-20-41-24-31(38)37-18-17-36-29(23-35-15-9-6-10-16-35)13-14-30(36)32(37)28-11-7-5-8-12-28/h5,7-8,11-14,21-22,32H,6,9-10,15-20,23-24H2,1-4H3. The molecule has 0 bridgehead atoms. The van der Waals surface area contributed by atoms with E-state index in [1.165, 1.54) is 29.3 Å². The molecule has 5 rings (SSSR count). The molecule has 0 aliphatic carbocycles. The van der Waals surface area contributed by atoms with Gasteiger partial charge < -0.3 is 14.2 Å². The van der Waals surface area contributed by atoms with Crippen molar-refractivity contribution in [1.82, 2.24) is 18.7 Å². The first-order chi connectivity index (χ1) is 20.2. The summed E-state index contributed by atoms with van der Waals surface area (Å²) in [6.07, 6.45) is 3.83. The first kappa shape index (κ1) is 30.5. The molecule has 0 N–H and O–H groups in total. The van der Waals surface area contributed by atoms with Gasteiger partial charge in [-0.15, -0.1) is 0 Å². The van der Waals surface area contributed by atoms with Crippen molar-refractivity contribution in [3.63, 3.8) is 0 Å². The minimum absolute atomic E-state index is 0.0929. The number of nitrogens with zero attached hydrogens (tertiary/aromatic N) is 4. The summed E-state index contributed by atoms with van der Waals surface area (Å²) in [7, 11) is -2.11. The van der Waals surface area contributed by atoms with Crippen molar-refractivity contribution >= 4 is 15.9 Å². The second-order valence-corrected chi connectivity index (χ2v) is 13.7. The van der Waals surface area contributed by atoms with E-state index in [1.54, 1.807) is 7.05 Å². The number of ether oxygens (including phenoxy) is 1. The third kappa shape index (κ3) is 6.49. The Bertz CT molecular complexity index is 1470. The summed E-state index contributed by atoms with van der Waals surface area (Å²) in [4.78, 5) is 18.3. The van der Waals surface area contributed by atoms with Crippen LogP contribution >= 0.6 is 0 Å². The molecule has 1 aromatic heterocycles. The number of aromatic nitrogens is 1. The van der Waals surface area contributed by atoms with Crippen LogP contribution in [0.15, 0.2) is 59.5 Å². The number of fused-ring (bicyclic) bond motifs is 1. The molecule has 42 heavy (non-hydrogen) atoms. The molecule has 1 unspecified atom stereocenters. The van der Waals surface area contributed by atoms with E-state index in [4.69, 9.17) is 4.74 Å². The van der Waals surface area contributed by atoms with Crippen molar-refractivity contribution in [3.8, 4) is 0 Å². The van der Waals surface area contributed by atoms with E-state index in [1.807, 2.05) is 56.0 Å². The van der Waals surface area contributed by atoms with Gasteiger partial charge in [-0.05, 0) is 75.5 Å². The van der Waals surface area contributed by atoms with Crippen molar-refractivity contribution in [3.05, 3.63) is 88.2 Å². The Morgan fingerprint density at radius 3 is 2.31 bits per heavy atom. The maximum atomic E-state index is 13.6. The first-order valence-electron chi connectivity index (χ1n) is 15.0. The Balaban J connectivity index is 1.24. The molecule has 1 amide bonds. The number of likely N-dealkylation sites (tertiary alicyclic amines) is 1. The van der Waals surface area contributed by atoms with E-state index in [2.05, 4.69) is 33.7 Å². The second kappa shape index (κ2) is 13.1. The van der Waals surface area contributed by atoms with Crippen molar-refractivity contribution in [1.29, 1.82) is 0 Å². The van der Waals surface area contributed by atoms with Gasteiger partial charge in [0.05, 0.1) is 17.5 Å². The van der Waals surface area contributed by atoms with Crippen LogP contribution in [0.4, 0.5) is 0 Å². The van der Waals surface area contributed by atoms with E-state index < -0.39 is 10.0 Å². The Hall–Kier alpha value is -2.98. The van der Waals surface area contributed by atoms with Gasteiger partial charge in [0.15, 0.2) is 0 Å². The van der Waals surface area contributed by atoms with Gasteiger partial charge in [0.25, 0.3) is 0 Å².